The molecule has 0 radical (unpaired) electrons. The molecule has 6 nitrogen and oxygen atoms in total. The molecule has 1 N–H and O–H groups in total. The van der Waals surface area contributed by atoms with Crippen LogP contribution in [0.4, 0.5) is 0 Å². The van der Waals surface area contributed by atoms with Crippen molar-refractivity contribution < 1.29 is 19.1 Å². The Kier molecular flexibility index (Phi) is 3.03. The predicted molar refractivity (Wildman–Crippen MR) is 76.5 cm³/mol. The summed E-state index contributed by atoms with van der Waals surface area (Å²) in [5.41, 5.74) is 0.577. The molecule has 1 aromatic rings. The minimum absolute atomic E-state index is 0.0904. The summed E-state index contributed by atoms with van der Waals surface area (Å²) < 4.78 is 5.67. The lowest BCUT2D eigenvalue weighted by Crippen LogP contribution is -2.43. The van der Waals surface area contributed by atoms with Crippen LogP contribution in [0.25, 0.3) is 0 Å². The van der Waals surface area contributed by atoms with E-state index in [2.05, 4.69) is 4.98 Å². The van der Waals surface area contributed by atoms with Gasteiger partial charge in [-0.2, -0.15) is 0 Å². The van der Waals surface area contributed by atoms with Crippen molar-refractivity contribution in [3.05, 3.63) is 17.3 Å². The number of likely N-dealkylation sites (tertiary alicyclic amines) is 1. The van der Waals surface area contributed by atoms with Crippen LogP contribution < -0.4 is 0 Å². The molecule has 1 saturated heterocycles. The van der Waals surface area contributed by atoms with E-state index in [0.717, 1.165) is 32.1 Å². The second kappa shape index (κ2) is 4.83. The molecule has 118 valence electrons. The number of carbonyl (C=O) groups excluding carboxylic acids is 1. The first-order chi connectivity index (χ1) is 10.6. The highest BCUT2D eigenvalue weighted by Gasteiger charge is 2.50. The summed E-state index contributed by atoms with van der Waals surface area (Å²) in [5.74, 6) is 0.401. The topological polar surface area (TPSA) is 83.6 Å². The van der Waals surface area contributed by atoms with Gasteiger partial charge >= 0.3 is 5.97 Å². The third kappa shape index (κ3) is 2.04. The Balaban J connectivity index is 1.62. The highest BCUT2D eigenvalue weighted by Crippen LogP contribution is 2.44. The SMILES string of the molecule is Cc1nc(C2CC2)oc1C(=O)N1C[C@@H]2CCC[C@H]2[C@H]1C(=O)O. The van der Waals surface area contributed by atoms with E-state index in [1.165, 1.54) is 4.90 Å². The summed E-state index contributed by atoms with van der Waals surface area (Å²) >= 11 is 0. The predicted octanol–water partition coefficient (Wildman–Crippen LogP) is 2.19. The largest absolute Gasteiger partial charge is 0.480 e. The molecule has 3 atom stereocenters. The molecule has 0 aromatic carbocycles. The number of hydrogen-bond acceptors (Lipinski definition) is 4. The van der Waals surface area contributed by atoms with Gasteiger partial charge in [-0.1, -0.05) is 6.42 Å². The lowest BCUT2D eigenvalue weighted by Gasteiger charge is -2.23. The van der Waals surface area contributed by atoms with Crippen molar-refractivity contribution in [1.29, 1.82) is 0 Å². The molecular weight excluding hydrogens is 284 g/mol. The van der Waals surface area contributed by atoms with E-state index >= 15 is 0 Å². The van der Waals surface area contributed by atoms with Gasteiger partial charge in [-0.3, -0.25) is 4.79 Å². The van der Waals surface area contributed by atoms with Gasteiger partial charge in [0.1, 0.15) is 6.04 Å². The summed E-state index contributed by atoms with van der Waals surface area (Å²) in [7, 11) is 0. The molecule has 6 heteroatoms. The van der Waals surface area contributed by atoms with Crippen molar-refractivity contribution >= 4 is 11.9 Å². The fourth-order valence-corrected chi connectivity index (χ4v) is 4.08. The highest BCUT2D eigenvalue weighted by atomic mass is 16.4. The molecule has 3 aliphatic rings. The zero-order chi connectivity index (χ0) is 15.4. The Bertz CT molecular complexity index is 634. The maximum atomic E-state index is 12.8. The number of amides is 1. The Morgan fingerprint density at radius 1 is 1.27 bits per heavy atom. The third-order valence-corrected chi connectivity index (χ3v) is 5.34. The number of aryl methyl sites for hydroxylation is 1. The lowest BCUT2D eigenvalue weighted by molar-refractivity contribution is -0.142. The number of oxazole rings is 1. The summed E-state index contributed by atoms with van der Waals surface area (Å²) in [4.78, 5) is 30.3. The number of rotatable bonds is 3. The van der Waals surface area contributed by atoms with Crippen molar-refractivity contribution in [3.8, 4) is 0 Å². The Morgan fingerprint density at radius 3 is 2.73 bits per heavy atom. The highest BCUT2D eigenvalue weighted by molar-refractivity contribution is 5.95. The Morgan fingerprint density at radius 2 is 2.05 bits per heavy atom. The van der Waals surface area contributed by atoms with Gasteiger partial charge < -0.3 is 14.4 Å². The van der Waals surface area contributed by atoms with E-state index in [-0.39, 0.29) is 17.6 Å². The normalized spacial score (nSPS) is 30.6. The van der Waals surface area contributed by atoms with Crippen molar-refractivity contribution in [1.82, 2.24) is 9.88 Å². The summed E-state index contributed by atoms with van der Waals surface area (Å²) in [5, 5.41) is 9.56. The van der Waals surface area contributed by atoms with Crippen LogP contribution in [0.1, 0.15) is 60.2 Å². The zero-order valence-corrected chi connectivity index (χ0v) is 12.6. The summed E-state index contributed by atoms with van der Waals surface area (Å²) in [6.45, 7) is 2.29. The number of carboxylic acid groups (broad SMARTS) is 1. The van der Waals surface area contributed by atoms with Crippen LogP contribution in [-0.2, 0) is 4.79 Å². The van der Waals surface area contributed by atoms with Gasteiger partial charge in [-0.05, 0) is 44.4 Å². The smallest absolute Gasteiger partial charge is 0.326 e. The van der Waals surface area contributed by atoms with Crippen LogP contribution in [0.2, 0.25) is 0 Å². The van der Waals surface area contributed by atoms with Crippen molar-refractivity contribution in [2.75, 3.05) is 6.54 Å². The first-order valence-electron chi connectivity index (χ1n) is 8.07. The van der Waals surface area contributed by atoms with E-state index in [4.69, 9.17) is 4.42 Å². The third-order valence-electron chi connectivity index (χ3n) is 5.34. The van der Waals surface area contributed by atoms with Gasteiger partial charge in [0.2, 0.25) is 5.76 Å². The number of hydrogen-bond donors (Lipinski definition) is 1. The molecule has 22 heavy (non-hydrogen) atoms. The van der Waals surface area contributed by atoms with Gasteiger partial charge in [0.25, 0.3) is 5.91 Å². The van der Waals surface area contributed by atoms with Gasteiger partial charge in [0, 0.05) is 12.5 Å². The average Bonchev–Trinajstić information content (AvgIpc) is 2.92. The van der Waals surface area contributed by atoms with Crippen molar-refractivity contribution in [3.63, 3.8) is 0 Å². The molecule has 2 heterocycles. The van der Waals surface area contributed by atoms with Crippen LogP contribution in [0.5, 0.6) is 0 Å². The quantitative estimate of drug-likeness (QED) is 0.925. The van der Waals surface area contributed by atoms with Gasteiger partial charge in [-0.25, -0.2) is 9.78 Å². The average molecular weight is 304 g/mol. The van der Waals surface area contributed by atoms with Gasteiger partial charge in [0.05, 0.1) is 5.69 Å². The Labute approximate surface area is 128 Å². The fourth-order valence-electron chi connectivity index (χ4n) is 4.08. The molecule has 0 unspecified atom stereocenters. The molecule has 0 spiro atoms. The number of fused-ring (bicyclic) bond motifs is 1. The number of carbonyl (C=O) groups is 2. The van der Waals surface area contributed by atoms with E-state index in [9.17, 15) is 14.7 Å². The maximum absolute atomic E-state index is 12.8. The first kappa shape index (κ1) is 13.8. The molecule has 1 aromatic heterocycles. The van der Waals surface area contributed by atoms with Crippen LogP contribution in [0, 0.1) is 18.8 Å². The number of carboxylic acids is 1. The standard InChI is InChI=1S/C16H20N2O4/c1-8-13(22-14(17-8)9-5-6-9)15(19)18-7-10-3-2-4-11(10)12(18)16(20)21/h9-12H,2-7H2,1H3,(H,20,21)/t10-,11+,12-/m0/s1. The van der Waals surface area contributed by atoms with Crippen LogP contribution in [-0.4, -0.2) is 39.5 Å². The Hall–Kier alpha value is -1.85. The molecule has 2 saturated carbocycles. The lowest BCUT2D eigenvalue weighted by atomic mass is 9.94. The van der Waals surface area contributed by atoms with Gasteiger partial charge in [-0.15, -0.1) is 0 Å². The molecule has 1 aliphatic heterocycles. The fraction of sp³-hybridized carbons (Fsp3) is 0.688. The maximum Gasteiger partial charge on any atom is 0.326 e. The number of aromatic nitrogens is 1. The zero-order valence-electron chi connectivity index (χ0n) is 12.6. The minimum atomic E-state index is -0.901. The molecule has 1 amide bonds. The summed E-state index contributed by atoms with van der Waals surface area (Å²) in [6.07, 6.45) is 5.09. The molecule has 2 aliphatic carbocycles. The van der Waals surface area contributed by atoms with E-state index in [1.807, 2.05) is 0 Å². The van der Waals surface area contributed by atoms with E-state index in [1.54, 1.807) is 6.92 Å². The summed E-state index contributed by atoms with van der Waals surface area (Å²) in [6, 6.07) is -0.714. The number of nitrogens with zero attached hydrogens (tertiary/aromatic N) is 2. The van der Waals surface area contributed by atoms with Crippen molar-refractivity contribution in [2.45, 2.75) is 51.0 Å². The molecule has 3 fully saturated rings. The second-order valence-corrected chi connectivity index (χ2v) is 6.84. The van der Waals surface area contributed by atoms with Crippen LogP contribution in [0.15, 0.2) is 4.42 Å². The molecular formula is C16H20N2O4. The molecule has 4 rings (SSSR count). The second-order valence-electron chi connectivity index (χ2n) is 6.84. The van der Waals surface area contributed by atoms with Crippen LogP contribution in [0.3, 0.4) is 0 Å². The first-order valence-corrected chi connectivity index (χ1v) is 8.07. The van der Waals surface area contributed by atoms with E-state index in [0.29, 0.717) is 30.0 Å². The van der Waals surface area contributed by atoms with Crippen LogP contribution >= 0.6 is 0 Å². The monoisotopic (exact) mass is 304 g/mol. The minimum Gasteiger partial charge on any atom is -0.480 e. The van der Waals surface area contributed by atoms with Crippen molar-refractivity contribution in [2.24, 2.45) is 11.8 Å². The molecule has 0 bridgehead atoms. The van der Waals surface area contributed by atoms with E-state index < -0.39 is 12.0 Å². The van der Waals surface area contributed by atoms with Gasteiger partial charge in [0.15, 0.2) is 5.89 Å². The number of aliphatic carboxylic acids is 1.